The molecule has 0 N–H and O–H groups in total. The number of hydrogen-bond donors (Lipinski definition) is 0. The van der Waals surface area contributed by atoms with Gasteiger partial charge in [-0.15, -0.1) is 0 Å². The number of piperidine rings is 1. The highest BCUT2D eigenvalue weighted by Crippen LogP contribution is 2.28. The van der Waals surface area contributed by atoms with E-state index in [1.165, 1.54) is 6.20 Å². The lowest BCUT2D eigenvalue weighted by atomic mass is 10.1. The van der Waals surface area contributed by atoms with Gasteiger partial charge in [0.1, 0.15) is 33.4 Å². The molecule has 9 heteroatoms. The van der Waals surface area contributed by atoms with Gasteiger partial charge in [0.2, 0.25) is 10.0 Å². The molecule has 2 aromatic rings. The molecule has 1 fully saturated rings. The standard InChI is InChI=1S/C16H15ClF2N2O3S/c17-13-10-20-6-3-15(13)24-12-4-7-21(8-5-12)25(22,23)16-9-11(18)1-2-14(16)19/h1-3,6,9-10,12H,4-5,7-8H2. The van der Waals surface area contributed by atoms with Gasteiger partial charge in [-0.25, -0.2) is 17.2 Å². The lowest BCUT2D eigenvalue weighted by Gasteiger charge is -2.31. The van der Waals surface area contributed by atoms with Crippen LogP contribution in [0.1, 0.15) is 12.8 Å². The Labute approximate surface area is 149 Å². The van der Waals surface area contributed by atoms with Crippen molar-refractivity contribution in [2.75, 3.05) is 13.1 Å². The van der Waals surface area contributed by atoms with Crippen LogP contribution in [0.5, 0.6) is 5.75 Å². The van der Waals surface area contributed by atoms with Crippen molar-refractivity contribution in [1.29, 1.82) is 0 Å². The van der Waals surface area contributed by atoms with Gasteiger partial charge in [-0.05, 0) is 31.0 Å². The minimum Gasteiger partial charge on any atom is -0.489 e. The fraction of sp³-hybridized carbons (Fsp3) is 0.312. The molecule has 1 aromatic heterocycles. The summed E-state index contributed by atoms with van der Waals surface area (Å²) >= 11 is 5.99. The summed E-state index contributed by atoms with van der Waals surface area (Å²) in [5.74, 6) is -1.29. The van der Waals surface area contributed by atoms with Gasteiger partial charge in [0.25, 0.3) is 0 Å². The zero-order chi connectivity index (χ0) is 18.0. The van der Waals surface area contributed by atoms with Crippen LogP contribution in [-0.4, -0.2) is 36.9 Å². The number of pyridine rings is 1. The van der Waals surface area contributed by atoms with E-state index in [1.807, 2.05) is 0 Å². The van der Waals surface area contributed by atoms with E-state index >= 15 is 0 Å². The largest absolute Gasteiger partial charge is 0.489 e. The monoisotopic (exact) mass is 388 g/mol. The molecule has 0 aliphatic carbocycles. The van der Waals surface area contributed by atoms with Crippen molar-refractivity contribution in [3.05, 3.63) is 53.3 Å². The first-order valence-corrected chi connectivity index (χ1v) is 9.41. The summed E-state index contributed by atoms with van der Waals surface area (Å²) in [5, 5.41) is 0.374. The van der Waals surface area contributed by atoms with Crippen molar-refractivity contribution in [2.24, 2.45) is 0 Å². The Kier molecular flexibility index (Phi) is 5.21. The molecule has 2 heterocycles. The third-order valence-corrected chi connectivity index (χ3v) is 6.14. The third kappa shape index (κ3) is 3.91. The molecule has 3 rings (SSSR count). The highest BCUT2D eigenvalue weighted by molar-refractivity contribution is 7.89. The molecule has 0 amide bonds. The van der Waals surface area contributed by atoms with Crippen molar-refractivity contribution < 1.29 is 21.9 Å². The van der Waals surface area contributed by atoms with Crippen LogP contribution < -0.4 is 4.74 Å². The van der Waals surface area contributed by atoms with Gasteiger partial charge in [0, 0.05) is 31.5 Å². The Balaban J connectivity index is 1.69. The Morgan fingerprint density at radius 1 is 1.20 bits per heavy atom. The third-order valence-electron chi connectivity index (χ3n) is 3.94. The molecule has 0 unspecified atom stereocenters. The van der Waals surface area contributed by atoms with Crippen molar-refractivity contribution in [3.8, 4) is 5.75 Å². The van der Waals surface area contributed by atoms with Crippen LogP contribution in [0, 0.1) is 11.6 Å². The van der Waals surface area contributed by atoms with Crippen molar-refractivity contribution in [2.45, 2.75) is 23.8 Å². The van der Waals surface area contributed by atoms with Crippen molar-refractivity contribution in [1.82, 2.24) is 9.29 Å². The summed E-state index contributed by atoms with van der Waals surface area (Å²) in [7, 11) is -4.09. The number of rotatable bonds is 4. The summed E-state index contributed by atoms with van der Waals surface area (Å²) in [6.45, 7) is 0.289. The lowest BCUT2D eigenvalue weighted by Crippen LogP contribution is -2.42. The topological polar surface area (TPSA) is 59.5 Å². The average Bonchev–Trinajstić information content (AvgIpc) is 2.59. The van der Waals surface area contributed by atoms with Gasteiger partial charge in [-0.2, -0.15) is 4.31 Å². The molecular formula is C16H15ClF2N2O3S. The van der Waals surface area contributed by atoms with Crippen LogP contribution in [0.3, 0.4) is 0 Å². The van der Waals surface area contributed by atoms with E-state index in [0.29, 0.717) is 29.7 Å². The average molecular weight is 389 g/mol. The summed E-state index contributed by atoms with van der Waals surface area (Å²) in [6, 6.07) is 4.02. The van der Waals surface area contributed by atoms with E-state index in [2.05, 4.69) is 4.98 Å². The first-order chi connectivity index (χ1) is 11.9. The predicted molar refractivity (Wildman–Crippen MR) is 88.0 cm³/mol. The molecule has 5 nitrogen and oxygen atoms in total. The summed E-state index contributed by atoms with van der Waals surface area (Å²) < 4.78 is 59.1. The number of nitrogens with zero attached hydrogens (tertiary/aromatic N) is 2. The van der Waals surface area contributed by atoms with Crippen LogP contribution in [0.4, 0.5) is 8.78 Å². The Hall–Kier alpha value is -1.77. The van der Waals surface area contributed by atoms with E-state index in [0.717, 1.165) is 16.4 Å². The van der Waals surface area contributed by atoms with E-state index in [1.54, 1.807) is 12.3 Å². The summed E-state index contributed by atoms with van der Waals surface area (Å²) in [5.41, 5.74) is 0. The maximum atomic E-state index is 13.8. The molecule has 0 spiro atoms. The smallest absolute Gasteiger partial charge is 0.246 e. The molecule has 1 saturated heterocycles. The second-order valence-electron chi connectivity index (χ2n) is 5.60. The number of aromatic nitrogens is 1. The zero-order valence-electron chi connectivity index (χ0n) is 13.0. The number of hydrogen-bond acceptors (Lipinski definition) is 4. The van der Waals surface area contributed by atoms with Crippen LogP contribution in [0.2, 0.25) is 5.02 Å². The van der Waals surface area contributed by atoms with E-state index in [-0.39, 0.29) is 19.2 Å². The van der Waals surface area contributed by atoms with Crippen LogP contribution in [0.25, 0.3) is 0 Å². The molecule has 0 radical (unpaired) electrons. The Morgan fingerprint density at radius 2 is 1.92 bits per heavy atom. The second kappa shape index (κ2) is 7.23. The SMILES string of the molecule is O=S(=O)(c1cc(F)ccc1F)N1CCC(Oc2ccncc2Cl)CC1. The van der Waals surface area contributed by atoms with Crippen molar-refractivity contribution >= 4 is 21.6 Å². The summed E-state index contributed by atoms with van der Waals surface area (Å²) in [4.78, 5) is 3.22. The number of benzene rings is 1. The number of sulfonamides is 1. The Bertz CT molecular complexity index is 871. The van der Waals surface area contributed by atoms with Gasteiger partial charge in [0.15, 0.2) is 0 Å². The van der Waals surface area contributed by atoms with Gasteiger partial charge in [-0.1, -0.05) is 11.6 Å². The molecule has 1 aromatic carbocycles. The lowest BCUT2D eigenvalue weighted by molar-refractivity contribution is 0.135. The van der Waals surface area contributed by atoms with Gasteiger partial charge in [0.05, 0.1) is 0 Å². The maximum Gasteiger partial charge on any atom is 0.246 e. The van der Waals surface area contributed by atoms with E-state index in [4.69, 9.17) is 16.3 Å². The molecule has 1 aliphatic heterocycles. The fourth-order valence-corrected chi connectivity index (χ4v) is 4.35. The number of halogens is 3. The van der Waals surface area contributed by atoms with Gasteiger partial charge in [-0.3, -0.25) is 4.98 Å². The molecular weight excluding hydrogens is 374 g/mol. The highest BCUT2D eigenvalue weighted by atomic mass is 35.5. The molecule has 0 atom stereocenters. The summed E-state index contributed by atoms with van der Waals surface area (Å²) in [6.07, 6.45) is 3.61. The molecule has 134 valence electrons. The fourth-order valence-electron chi connectivity index (χ4n) is 2.64. The van der Waals surface area contributed by atoms with Gasteiger partial charge >= 0.3 is 0 Å². The maximum absolute atomic E-state index is 13.8. The van der Waals surface area contributed by atoms with Crippen LogP contribution in [0.15, 0.2) is 41.6 Å². The quantitative estimate of drug-likeness (QED) is 0.806. The predicted octanol–water partition coefficient (Wildman–Crippen LogP) is 3.25. The first kappa shape index (κ1) is 18.0. The highest BCUT2D eigenvalue weighted by Gasteiger charge is 2.32. The van der Waals surface area contributed by atoms with Crippen LogP contribution in [-0.2, 0) is 10.0 Å². The molecule has 25 heavy (non-hydrogen) atoms. The first-order valence-electron chi connectivity index (χ1n) is 7.59. The van der Waals surface area contributed by atoms with Gasteiger partial charge < -0.3 is 4.74 Å². The van der Waals surface area contributed by atoms with E-state index < -0.39 is 26.6 Å². The minimum atomic E-state index is -4.09. The molecule has 0 saturated carbocycles. The second-order valence-corrected chi connectivity index (χ2v) is 7.92. The minimum absolute atomic E-state index is 0.144. The normalized spacial score (nSPS) is 16.8. The van der Waals surface area contributed by atoms with Crippen LogP contribution >= 0.6 is 11.6 Å². The zero-order valence-corrected chi connectivity index (χ0v) is 14.6. The molecule has 1 aliphatic rings. The van der Waals surface area contributed by atoms with Crippen molar-refractivity contribution in [3.63, 3.8) is 0 Å². The number of ether oxygens (including phenoxy) is 1. The Morgan fingerprint density at radius 3 is 2.60 bits per heavy atom. The van der Waals surface area contributed by atoms with E-state index in [9.17, 15) is 17.2 Å². The molecule has 0 bridgehead atoms.